The van der Waals surface area contributed by atoms with E-state index in [0.29, 0.717) is 73.4 Å². The predicted octanol–water partition coefficient (Wildman–Crippen LogP) is 9.17. The van der Waals surface area contributed by atoms with Crippen LogP contribution in [0.4, 0.5) is 59.1 Å². The van der Waals surface area contributed by atoms with Crippen molar-refractivity contribution < 1.29 is 146 Å². The number of hydrogen-bond acceptors (Lipinski definition) is 16. The Kier molecular flexibility index (Phi) is 34.6. The summed E-state index contributed by atoms with van der Waals surface area (Å²) in [6.45, 7) is 7.50. The summed E-state index contributed by atoms with van der Waals surface area (Å²) >= 11 is 5.50. The smallest absolute Gasteiger partial charge is 0.587 e. The number of fused-ring (bicyclic) bond motifs is 1. The van der Waals surface area contributed by atoms with Crippen molar-refractivity contribution in [2.24, 2.45) is 0 Å². The summed E-state index contributed by atoms with van der Waals surface area (Å²) < 4.78 is 90.5. The first-order valence-electron chi connectivity index (χ1n) is 28.1. The number of carbonyl (C=O) groups excluding carboxylic acids is 8. The SMILES string of the molecule is CCCC(=O)OC[C@H]1CO1.CC[C@H]1CN(c2ccc(I)c(F)c2)C(=O)O1.Cc1cccc(F)c1.Nc1cccc(F)c1.O=C1CCC(=O)N1I.O=C1O[C@@H](CO)CN1c1ccc(I)c(F)c1.O=C1O[C@@H](CO)CN1c1cccc(F)c1.O=C1[N-]C(=O)c2ccccc21.[K+]. The molecule has 0 aromatic heterocycles. The fourth-order valence-electron chi connectivity index (χ4n) is 7.91. The van der Waals surface area contributed by atoms with Gasteiger partial charge >= 0.3 is 75.6 Å². The van der Waals surface area contributed by atoms with Crippen LogP contribution >= 0.6 is 68.0 Å². The molecule has 0 aliphatic carbocycles. The molecule has 0 unspecified atom stereocenters. The minimum absolute atomic E-state index is 0. The molecule has 4 atom stereocenters. The van der Waals surface area contributed by atoms with Crippen molar-refractivity contribution in [1.29, 1.82) is 0 Å². The van der Waals surface area contributed by atoms with E-state index in [2.05, 4.69) is 5.32 Å². The molecular formula is C63H63F5I3KN6O15. The van der Waals surface area contributed by atoms with Crippen molar-refractivity contribution in [3.8, 4) is 0 Å². The topological polar surface area (TPSA) is 280 Å². The van der Waals surface area contributed by atoms with Crippen LogP contribution < -0.4 is 71.8 Å². The van der Waals surface area contributed by atoms with Crippen LogP contribution in [0.25, 0.3) is 5.32 Å². The fraction of sp³-hybridized carbons (Fsp3) is 0.302. The number of carbonyl (C=O) groups is 8. The second-order valence-corrected chi connectivity index (χ2v) is 23.2. The van der Waals surface area contributed by atoms with Crippen LogP contribution in [-0.2, 0) is 38.1 Å². The first-order valence-corrected chi connectivity index (χ1v) is 31.2. The maximum atomic E-state index is 13.4. The molecule has 12 rings (SSSR count). The molecule has 6 aromatic rings. The van der Waals surface area contributed by atoms with Crippen molar-refractivity contribution in [3.63, 3.8) is 0 Å². The van der Waals surface area contributed by atoms with Crippen LogP contribution in [0.2, 0.25) is 0 Å². The van der Waals surface area contributed by atoms with Gasteiger partial charge in [-0.05, 0) is 155 Å². The Morgan fingerprint density at radius 3 is 1.35 bits per heavy atom. The number of amides is 7. The van der Waals surface area contributed by atoms with E-state index in [1.807, 2.05) is 72.0 Å². The number of aliphatic hydroxyl groups is 2. The van der Waals surface area contributed by atoms with Crippen LogP contribution in [0.1, 0.15) is 72.2 Å². The molecule has 0 radical (unpaired) electrons. The van der Waals surface area contributed by atoms with E-state index in [9.17, 15) is 60.3 Å². The molecule has 6 aliphatic heterocycles. The number of rotatable bonds is 10. The summed E-state index contributed by atoms with van der Waals surface area (Å²) in [7, 11) is 0. The second kappa shape index (κ2) is 40.4. The first kappa shape index (κ1) is 79.5. The van der Waals surface area contributed by atoms with Crippen LogP contribution in [0.3, 0.4) is 0 Å². The summed E-state index contributed by atoms with van der Waals surface area (Å²) in [5, 5.41) is 21.0. The van der Waals surface area contributed by atoms with Crippen molar-refractivity contribution in [2.75, 3.05) is 66.5 Å². The number of esters is 1. The summed E-state index contributed by atoms with van der Waals surface area (Å²) in [4.78, 5) is 91.8. The summed E-state index contributed by atoms with van der Waals surface area (Å²) in [5.74, 6) is -2.66. The zero-order valence-corrected chi connectivity index (χ0v) is 60.1. The molecule has 4 N–H and O–H groups in total. The molecular weight excluding hydrogens is 1600 g/mol. The number of imide groups is 2. The zero-order valence-electron chi connectivity index (χ0n) is 50.5. The second-order valence-electron chi connectivity index (χ2n) is 19.9. The van der Waals surface area contributed by atoms with Gasteiger partial charge in [0.15, 0.2) is 0 Å². The molecule has 6 aliphatic rings. The summed E-state index contributed by atoms with van der Waals surface area (Å²) in [6.07, 6.45) is 0.466. The Morgan fingerprint density at radius 1 is 0.591 bits per heavy atom. The Morgan fingerprint density at radius 2 is 1.02 bits per heavy atom. The minimum atomic E-state index is -0.556. The fourth-order valence-corrected chi connectivity index (χ4v) is 9.06. The summed E-state index contributed by atoms with van der Waals surface area (Å²) in [6, 6.07) is 33.9. The number of aliphatic hydroxyl groups excluding tert-OH is 2. The van der Waals surface area contributed by atoms with Gasteiger partial charge in [-0.1, -0.05) is 62.4 Å². The van der Waals surface area contributed by atoms with Gasteiger partial charge < -0.3 is 54.5 Å². The predicted molar refractivity (Wildman–Crippen MR) is 353 cm³/mol. The van der Waals surface area contributed by atoms with Crippen molar-refractivity contribution in [2.45, 2.75) is 77.3 Å². The van der Waals surface area contributed by atoms with Gasteiger partial charge in [0.05, 0.1) is 91.2 Å². The van der Waals surface area contributed by atoms with Crippen LogP contribution in [0.15, 0.2) is 133 Å². The van der Waals surface area contributed by atoms with Gasteiger partial charge in [0.1, 0.15) is 60.1 Å². The quantitative estimate of drug-likeness (QED) is 0.0133. The zero-order chi connectivity index (χ0) is 67.6. The Labute approximate surface area is 616 Å². The first-order chi connectivity index (χ1) is 43.8. The van der Waals surface area contributed by atoms with E-state index < -0.39 is 48.1 Å². The van der Waals surface area contributed by atoms with E-state index in [-0.39, 0.29) is 131 Å². The average molecular weight is 1660 g/mol. The maximum absolute atomic E-state index is 13.4. The largest absolute Gasteiger partial charge is 1.00 e. The molecule has 21 nitrogen and oxygen atoms in total. The van der Waals surface area contributed by atoms with E-state index in [1.165, 1.54) is 69.3 Å². The van der Waals surface area contributed by atoms with Crippen molar-refractivity contribution >= 4 is 139 Å². The molecule has 5 fully saturated rings. The van der Waals surface area contributed by atoms with Gasteiger partial charge in [-0.2, -0.15) is 0 Å². The Balaban J connectivity index is 0.000000230. The minimum Gasteiger partial charge on any atom is -0.587 e. The molecule has 0 saturated carbocycles. The van der Waals surface area contributed by atoms with E-state index in [4.69, 9.17) is 39.6 Å². The van der Waals surface area contributed by atoms with Gasteiger partial charge in [-0.25, -0.2) is 39.4 Å². The third kappa shape index (κ3) is 26.6. The van der Waals surface area contributed by atoms with Gasteiger partial charge in [0.2, 0.25) is 11.8 Å². The molecule has 492 valence electrons. The van der Waals surface area contributed by atoms with Gasteiger partial charge in [0, 0.05) is 43.2 Å². The van der Waals surface area contributed by atoms with Crippen molar-refractivity contribution in [1.82, 2.24) is 3.11 Å². The van der Waals surface area contributed by atoms with E-state index >= 15 is 0 Å². The number of cyclic esters (lactones) is 3. The normalized spacial score (nSPS) is 17.7. The number of nitrogens with two attached hydrogens (primary N) is 1. The van der Waals surface area contributed by atoms with Gasteiger partial charge in [-0.15, -0.1) is 0 Å². The van der Waals surface area contributed by atoms with Crippen LogP contribution in [0, 0.1) is 43.2 Å². The molecule has 0 bridgehead atoms. The van der Waals surface area contributed by atoms with Crippen LogP contribution in [0.5, 0.6) is 0 Å². The van der Waals surface area contributed by atoms with Gasteiger partial charge in [-0.3, -0.25) is 29.1 Å². The monoisotopic (exact) mass is 1660 g/mol. The maximum Gasteiger partial charge on any atom is 1.00 e. The Hall–Kier alpha value is -5.96. The number of epoxide rings is 1. The molecule has 5 saturated heterocycles. The molecule has 30 heteroatoms. The number of aryl methyl sites for hydroxylation is 1. The summed E-state index contributed by atoms with van der Waals surface area (Å²) in [5.41, 5.74) is 8.91. The van der Waals surface area contributed by atoms with E-state index in [0.717, 1.165) is 28.1 Å². The molecule has 6 heterocycles. The molecule has 6 aromatic carbocycles. The Bertz CT molecular complexity index is 3340. The van der Waals surface area contributed by atoms with Gasteiger partial charge in [0.25, 0.3) is 0 Å². The average Bonchev–Trinajstić information content (AvgIpc) is 1.82. The molecule has 7 amide bonds. The number of hydrogen-bond donors (Lipinski definition) is 3. The number of ether oxygens (including phenoxy) is 5. The third-order valence-electron chi connectivity index (χ3n) is 12.7. The van der Waals surface area contributed by atoms with Crippen molar-refractivity contribution in [3.05, 3.63) is 192 Å². The van der Waals surface area contributed by atoms with Crippen LogP contribution in [-0.4, -0.2) is 132 Å². The third-order valence-corrected chi connectivity index (χ3v) is 15.6. The number of benzene rings is 6. The number of nitrogens with zero attached hydrogens (tertiary/aromatic N) is 5. The number of nitrogen functional groups attached to an aromatic ring is 1. The number of anilines is 4. The molecule has 0 spiro atoms. The van der Waals surface area contributed by atoms with E-state index in [1.54, 1.807) is 95.7 Å². The molecule has 93 heavy (non-hydrogen) atoms. The standard InChI is InChI=1S/C11H11FINO2.C10H9FINO3.C10H10FNO3.C8H5NO2.C7H7F.C7H12O3.C6H6FN.C4H4INO2.K/c1-2-8-6-14(11(15)16-8)7-3-4-10(13)9(12)5-7;11-8-3-6(1-2-9(8)12)13-4-7(5-14)16-10(13)15;11-7-2-1-3-8(4-7)12-5-9(6-13)15-10(12)14;10-7-5-3-1-2-4-6(5)8(11)9-7;1-6-3-2-4-7(8)5-6;1-2-3-7(8)10-5-6-4-9-6;7-5-2-1-3-6(8)4-5;5-6-3(7)1-2-4(6)8;/h3-5,8H,2,6H2,1H3;1-3,7,14H,4-5H2;1-4,9,13H,5-6H2;1-4H,(H,9,10,11);2-5H,1H3;6H,2-5H2,1H3;1-4H,8H2;1-2H2;/q;;;;;;;;+1/p-1/t8-;7-;9-;;;6-;;;/m011..1.../s1. The number of halogens is 8.